The zero-order valence-corrected chi connectivity index (χ0v) is 22.0. The minimum atomic E-state index is -1.13. The number of carbonyl (C=O) groups excluding carboxylic acids is 2. The molecule has 1 atom stereocenters. The van der Waals surface area contributed by atoms with Gasteiger partial charge in [-0.2, -0.15) is 0 Å². The van der Waals surface area contributed by atoms with Crippen LogP contribution in [0.4, 0.5) is 16.6 Å². The lowest BCUT2D eigenvalue weighted by molar-refractivity contribution is -0.641. The molecule has 0 aliphatic rings. The van der Waals surface area contributed by atoms with Crippen molar-refractivity contribution in [3.8, 4) is 0 Å². The monoisotopic (exact) mass is 519 g/mol. The number of aromatic nitrogens is 4. The third-order valence-corrected chi connectivity index (χ3v) is 6.29. The molecule has 200 valence electrons. The number of para-hydroxylation sites is 3. The molecule has 0 bridgehead atoms. The first kappa shape index (κ1) is 26.6. The molecule has 38 heavy (non-hydrogen) atoms. The van der Waals surface area contributed by atoms with Gasteiger partial charge in [-0.3, -0.25) is 10.1 Å². The molecule has 0 radical (unpaired) electrons. The molecule has 0 aliphatic heterocycles. The van der Waals surface area contributed by atoms with Crippen LogP contribution in [0.3, 0.4) is 0 Å². The van der Waals surface area contributed by atoms with Crippen LogP contribution in [0.5, 0.6) is 0 Å². The number of benzene rings is 2. The molecule has 11 heteroatoms. The van der Waals surface area contributed by atoms with Crippen LogP contribution >= 0.6 is 0 Å². The molecule has 2 amide bonds. The van der Waals surface area contributed by atoms with E-state index in [1.165, 1.54) is 0 Å². The van der Waals surface area contributed by atoms with Crippen molar-refractivity contribution in [3.05, 3.63) is 59.3 Å². The normalized spacial score (nSPS) is 13.3. The Morgan fingerprint density at radius 2 is 1.79 bits per heavy atom. The molecule has 0 saturated carbocycles. The maximum Gasteiger partial charge on any atom is 0.414 e. The van der Waals surface area contributed by atoms with Crippen LogP contribution in [0.15, 0.2) is 48.5 Å². The van der Waals surface area contributed by atoms with E-state index in [4.69, 9.17) is 10.5 Å². The van der Waals surface area contributed by atoms with Crippen LogP contribution in [-0.2, 0) is 14.9 Å². The Labute approximate surface area is 220 Å². The molecule has 0 saturated heterocycles. The highest BCUT2D eigenvalue weighted by atomic mass is 16.6. The SMILES string of the molecule is CC(C)(C)OC(=O)NC(=O)[C@@](C)(CCCCNc1nc2ccccc2[n+]([O-])n1)c1c(N)[nH]c2ccccc12. The van der Waals surface area contributed by atoms with Crippen molar-refractivity contribution >= 4 is 45.7 Å². The highest BCUT2D eigenvalue weighted by Gasteiger charge is 2.40. The standard InChI is InChI=1S/C27H33N7O4/c1-26(2,3)38-25(36)32-23(35)27(4,21-17-11-5-6-12-18(17)30-22(21)28)15-9-10-16-29-24-31-19-13-7-8-14-20(19)34(37)33-24/h5-8,11-14,30H,9-10,15-16,28H2,1-4H3,(H,29,31,33)(H,32,35,36)/t27-/m0/s1. The van der Waals surface area contributed by atoms with Gasteiger partial charge in [-0.15, -0.1) is 0 Å². The van der Waals surface area contributed by atoms with E-state index in [1.54, 1.807) is 52.0 Å². The number of rotatable bonds is 8. The topological polar surface area (TPSA) is 162 Å². The Morgan fingerprint density at radius 3 is 2.55 bits per heavy atom. The number of hydrogen-bond donors (Lipinski definition) is 4. The maximum absolute atomic E-state index is 13.5. The van der Waals surface area contributed by atoms with Crippen molar-refractivity contribution in [2.24, 2.45) is 0 Å². The third-order valence-electron chi connectivity index (χ3n) is 6.29. The number of carbonyl (C=O) groups is 2. The zero-order valence-electron chi connectivity index (χ0n) is 22.0. The van der Waals surface area contributed by atoms with E-state index in [1.807, 2.05) is 24.3 Å². The Bertz CT molecular complexity index is 1480. The Morgan fingerprint density at radius 1 is 1.08 bits per heavy atom. The second-order valence-electron chi connectivity index (χ2n) is 10.4. The van der Waals surface area contributed by atoms with Gasteiger partial charge in [0.05, 0.1) is 10.5 Å². The number of fused-ring (bicyclic) bond motifs is 2. The highest BCUT2D eigenvalue weighted by molar-refractivity contribution is 6.03. The fraction of sp³-hybridized carbons (Fsp3) is 0.370. The minimum Gasteiger partial charge on any atom is -0.594 e. The van der Waals surface area contributed by atoms with E-state index < -0.39 is 23.0 Å². The smallest absolute Gasteiger partial charge is 0.414 e. The van der Waals surface area contributed by atoms with E-state index in [0.29, 0.717) is 53.1 Å². The molecular weight excluding hydrogens is 486 g/mol. The van der Waals surface area contributed by atoms with Gasteiger partial charge >= 0.3 is 6.09 Å². The number of anilines is 2. The van der Waals surface area contributed by atoms with E-state index in [9.17, 15) is 14.8 Å². The number of H-pyrrole nitrogens is 1. The molecule has 5 N–H and O–H groups in total. The lowest BCUT2D eigenvalue weighted by atomic mass is 9.76. The molecule has 0 unspecified atom stereocenters. The third kappa shape index (κ3) is 5.77. The fourth-order valence-electron chi connectivity index (χ4n) is 4.52. The summed E-state index contributed by atoms with van der Waals surface area (Å²) < 4.78 is 5.31. The fourth-order valence-corrected chi connectivity index (χ4v) is 4.52. The molecule has 11 nitrogen and oxygen atoms in total. The molecule has 4 rings (SSSR count). The van der Waals surface area contributed by atoms with Gasteiger partial charge in [0.1, 0.15) is 16.9 Å². The van der Waals surface area contributed by atoms with Gasteiger partial charge in [0.15, 0.2) is 0 Å². The van der Waals surface area contributed by atoms with Crippen molar-refractivity contribution in [2.75, 3.05) is 17.6 Å². The molecule has 2 aromatic carbocycles. The van der Waals surface area contributed by atoms with Gasteiger partial charge in [0.25, 0.3) is 11.5 Å². The second kappa shape index (κ2) is 10.5. The van der Waals surface area contributed by atoms with Crippen LogP contribution in [-0.4, -0.2) is 39.2 Å². The van der Waals surface area contributed by atoms with Gasteiger partial charge < -0.3 is 26.0 Å². The Hall–Kier alpha value is -4.41. The van der Waals surface area contributed by atoms with Gasteiger partial charge in [0, 0.05) is 29.1 Å². The van der Waals surface area contributed by atoms with E-state index in [2.05, 4.69) is 25.7 Å². The van der Waals surface area contributed by atoms with Crippen LogP contribution in [0, 0.1) is 5.21 Å². The van der Waals surface area contributed by atoms with Gasteiger partial charge in [-0.05, 0) is 57.5 Å². The van der Waals surface area contributed by atoms with Crippen molar-refractivity contribution in [1.29, 1.82) is 0 Å². The van der Waals surface area contributed by atoms with Crippen LogP contribution in [0.2, 0.25) is 0 Å². The summed E-state index contributed by atoms with van der Waals surface area (Å²) in [6, 6.07) is 14.5. The number of nitrogen functional groups attached to an aromatic ring is 1. The van der Waals surface area contributed by atoms with Crippen molar-refractivity contribution in [1.82, 2.24) is 20.4 Å². The van der Waals surface area contributed by atoms with Crippen LogP contribution in [0.25, 0.3) is 21.9 Å². The van der Waals surface area contributed by atoms with Gasteiger partial charge in [0.2, 0.25) is 5.91 Å². The number of unbranched alkanes of at least 4 members (excludes halogenated alkanes) is 1. The Balaban J connectivity index is 1.49. The summed E-state index contributed by atoms with van der Waals surface area (Å²) in [5.74, 6) is 0.0992. The van der Waals surface area contributed by atoms with Crippen molar-refractivity contribution in [2.45, 2.75) is 58.0 Å². The molecule has 0 spiro atoms. The van der Waals surface area contributed by atoms with E-state index in [-0.39, 0.29) is 5.95 Å². The second-order valence-corrected chi connectivity index (χ2v) is 10.4. The molecule has 2 heterocycles. The molecule has 4 aromatic rings. The average molecular weight is 520 g/mol. The number of hydrogen-bond acceptors (Lipinski definition) is 8. The first-order valence-corrected chi connectivity index (χ1v) is 12.5. The first-order valence-electron chi connectivity index (χ1n) is 12.5. The van der Waals surface area contributed by atoms with E-state index in [0.717, 1.165) is 10.9 Å². The number of ether oxygens (including phenoxy) is 1. The largest absolute Gasteiger partial charge is 0.594 e. The molecule has 2 aromatic heterocycles. The number of imide groups is 1. The molecule has 0 aliphatic carbocycles. The summed E-state index contributed by atoms with van der Waals surface area (Å²) in [6.07, 6.45) is 0.838. The lowest BCUT2D eigenvalue weighted by Crippen LogP contribution is -2.46. The van der Waals surface area contributed by atoms with E-state index >= 15 is 0 Å². The van der Waals surface area contributed by atoms with Crippen molar-refractivity contribution < 1.29 is 19.2 Å². The summed E-state index contributed by atoms with van der Waals surface area (Å²) in [5, 5.41) is 22.4. The average Bonchev–Trinajstić information content (AvgIpc) is 3.18. The summed E-state index contributed by atoms with van der Waals surface area (Å²) in [7, 11) is 0. The summed E-state index contributed by atoms with van der Waals surface area (Å²) in [6.45, 7) is 7.45. The van der Waals surface area contributed by atoms with Crippen molar-refractivity contribution in [3.63, 3.8) is 0 Å². The van der Waals surface area contributed by atoms with Crippen LogP contribution in [0.1, 0.15) is 52.5 Å². The lowest BCUT2D eigenvalue weighted by Gasteiger charge is -2.29. The number of amides is 2. The summed E-state index contributed by atoms with van der Waals surface area (Å²) in [5.41, 5.74) is 6.85. The zero-order chi connectivity index (χ0) is 27.5. The summed E-state index contributed by atoms with van der Waals surface area (Å²) >= 11 is 0. The predicted molar refractivity (Wildman–Crippen MR) is 145 cm³/mol. The number of nitrogens with one attached hydrogen (secondary N) is 3. The quantitative estimate of drug-likeness (QED) is 0.155. The number of nitrogens with zero attached hydrogens (tertiary/aromatic N) is 3. The van der Waals surface area contributed by atoms with Crippen LogP contribution < -0.4 is 21.2 Å². The number of nitrogens with two attached hydrogens (primary N) is 1. The van der Waals surface area contributed by atoms with Gasteiger partial charge in [-0.1, -0.05) is 36.8 Å². The Kier molecular flexibility index (Phi) is 7.38. The molecule has 0 fully saturated rings. The summed E-state index contributed by atoms with van der Waals surface area (Å²) in [4.78, 5) is 34.1. The molecular formula is C27H33N7O4. The maximum atomic E-state index is 13.5. The predicted octanol–water partition coefficient (Wildman–Crippen LogP) is 3.92. The minimum absolute atomic E-state index is 0.227. The number of alkyl carbamates (subject to hydrolysis) is 1. The highest BCUT2D eigenvalue weighted by Crippen LogP contribution is 2.39. The van der Waals surface area contributed by atoms with Gasteiger partial charge in [-0.25, -0.2) is 9.78 Å². The number of aromatic amines is 1. The first-order chi connectivity index (χ1) is 18.0.